The van der Waals surface area contributed by atoms with Gasteiger partial charge < -0.3 is 5.32 Å². The highest BCUT2D eigenvalue weighted by atomic mass is 32.1. The Balaban J connectivity index is 2.19. The minimum atomic E-state index is -0.0321. The number of anilines is 1. The van der Waals surface area contributed by atoms with Crippen molar-refractivity contribution in [2.24, 2.45) is 5.41 Å². The fourth-order valence-corrected chi connectivity index (χ4v) is 3.12. The monoisotopic (exact) mass is 266 g/mol. The smallest absolute Gasteiger partial charge is 0.226 e. The molecule has 0 aromatic carbocycles. The van der Waals surface area contributed by atoms with Crippen LogP contribution in [0.4, 0.5) is 5.13 Å². The highest BCUT2D eigenvalue weighted by molar-refractivity contribution is 7.17. The van der Waals surface area contributed by atoms with E-state index in [9.17, 15) is 9.59 Å². The molecule has 1 aliphatic rings. The summed E-state index contributed by atoms with van der Waals surface area (Å²) in [4.78, 5) is 28.6. The van der Waals surface area contributed by atoms with Crippen molar-refractivity contribution in [2.45, 2.75) is 46.5 Å². The maximum absolute atomic E-state index is 12.0. The third-order valence-corrected chi connectivity index (χ3v) is 4.01. The van der Waals surface area contributed by atoms with Crippen molar-refractivity contribution in [3.63, 3.8) is 0 Å². The van der Waals surface area contributed by atoms with Crippen LogP contribution in [0.5, 0.6) is 0 Å². The Morgan fingerprint density at radius 3 is 2.83 bits per heavy atom. The molecule has 0 spiro atoms. The molecule has 0 fully saturated rings. The number of hydrogen-bond acceptors (Lipinski definition) is 4. The van der Waals surface area contributed by atoms with Gasteiger partial charge in [0.25, 0.3) is 0 Å². The van der Waals surface area contributed by atoms with E-state index in [4.69, 9.17) is 0 Å². The maximum atomic E-state index is 12.0. The summed E-state index contributed by atoms with van der Waals surface area (Å²) in [5, 5.41) is 3.32. The Bertz CT molecular complexity index is 491. The van der Waals surface area contributed by atoms with E-state index < -0.39 is 0 Å². The summed E-state index contributed by atoms with van der Waals surface area (Å²) >= 11 is 1.31. The van der Waals surface area contributed by atoms with Crippen LogP contribution in [0.2, 0.25) is 0 Å². The molecule has 2 rings (SSSR count). The zero-order chi connectivity index (χ0) is 13.3. The molecule has 1 N–H and O–H groups in total. The molecule has 98 valence electrons. The van der Waals surface area contributed by atoms with Gasteiger partial charge in [0.1, 0.15) is 0 Å². The number of Topliss-reactive ketones (excluding diaryl/α,β-unsaturated/α-hetero) is 1. The van der Waals surface area contributed by atoms with Crippen LogP contribution in [0.1, 0.15) is 55.4 Å². The predicted molar refractivity (Wildman–Crippen MR) is 72.1 cm³/mol. The molecular formula is C13H18N2O2S. The van der Waals surface area contributed by atoms with Gasteiger partial charge in [-0.3, -0.25) is 9.59 Å². The average molecular weight is 266 g/mol. The van der Waals surface area contributed by atoms with Gasteiger partial charge in [0, 0.05) is 12.8 Å². The van der Waals surface area contributed by atoms with E-state index in [1.807, 2.05) is 6.92 Å². The van der Waals surface area contributed by atoms with Crippen LogP contribution in [-0.2, 0) is 11.2 Å². The fraction of sp³-hybridized carbons (Fsp3) is 0.615. The van der Waals surface area contributed by atoms with Gasteiger partial charge in [-0.05, 0) is 18.3 Å². The molecule has 0 saturated heterocycles. The molecule has 18 heavy (non-hydrogen) atoms. The SMILES string of the molecule is CCCC(=O)Nc1nc2c(s1)C(=O)CC(C)(C)C2. The number of hydrogen-bond donors (Lipinski definition) is 1. The van der Waals surface area contributed by atoms with Gasteiger partial charge in [-0.2, -0.15) is 0 Å². The van der Waals surface area contributed by atoms with Gasteiger partial charge >= 0.3 is 0 Å². The molecule has 0 bridgehead atoms. The van der Waals surface area contributed by atoms with Crippen LogP contribution in [-0.4, -0.2) is 16.7 Å². The molecule has 0 aliphatic heterocycles. The standard InChI is InChI=1S/C13H18N2O2S/c1-4-5-10(17)15-12-14-8-6-13(2,3)7-9(16)11(8)18-12/h4-7H2,1-3H3,(H,14,15,17). The molecule has 1 aliphatic carbocycles. The number of aromatic nitrogens is 1. The summed E-state index contributed by atoms with van der Waals surface area (Å²) < 4.78 is 0. The molecular weight excluding hydrogens is 248 g/mol. The molecule has 0 saturated carbocycles. The predicted octanol–water partition coefficient (Wildman–Crippen LogP) is 3.04. The van der Waals surface area contributed by atoms with Crippen molar-refractivity contribution < 1.29 is 9.59 Å². The van der Waals surface area contributed by atoms with E-state index >= 15 is 0 Å². The van der Waals surface area contributed by atoms with Crippen molar-refractivity contribution >= 4 is 28.2 Å². The number of carbonyl (C=O) groups excluding carboxylic acids is 2. The zero-order valence-electron chi connectivity index (χ0n) is 11.0. The largest absolute Gasteiger partial charge is 0.302 e. The van der Waals surface area contributed by atoms with Crippen molar-refractivity contribution in [1.29, 1.82) is 0 Å². The highest BCUT2D eigenvalue weighted by Crippen LogP contribution is 2.38. The quantitative estimate of drug-likeness (QED) is 0.914. The van der Waals surface area contributed by atoms with E-state index in [2.05, 4.69) is 24.1 Å². The van der Waals surface area contributed by atoms with Crippen molar-refractivity contribution in [2.75, 3.05) is 5.32 Å². The first kappa shape index (κ1) is 13.2. The lowest BCUT2D eigenvalue weighted by atomic mass is 9.78. The van der Waals surface area contributed by atoms with Crippen LogP contribution >= 0.6 is 11.3 Å². The summed E-state index contributed by atoms with van der Waals surface area (Å²) in [6.45, 7) is 6.10. The lowest BCUT2D eigenvalue weighted by molar-refractivity contribution is -0.116. The zero-order valence-corrected chi connectivity index (χ0v) is 11.8. The van der Waals surface area contributed by atoms with Crippen molar-refractivity contribution in [3.05, 3.63) is 10.6 Å². The number of rotatable bonds is 3. The second kappa shape index (κ2) is 4.80. The Morgan fingerprint density at radius 1 is 1.44 bits per heavy atom. The third-order valence-electron chi connectivity index (χ3n) is 2.96. The van der Waals surface area contributed by atoms with E-state index in [0.29, 0.717) is 18.0 Å². The molecule has 1 amide bonds. The summed E-state index contributed by atoms with van der Waals surface area (Å²) in [5.41, 5.74) is 0.816. The first-order chi connectivity index (χ1) is 8.41. The van der Waals surface area contributed by atoms with E-state index in [0.717, 1.165) is 23.4 Å². The molecule has 4 nitrogen and oxygen atoms in total. The van der Waals surface area contributed by atoms with Crippen LogP contribution in [0, 0.1) is 5.41 Å². The lowest BCUT2D eigenvalue weighted by Crippen LogP contribution is -2.26. The van der Waals surface area contributed by atoms with E-state index in [1.54, 1.807) is 0 Å². The molecule has 1 aromatic rings. The minimum Gasteiger partial charge on any atom is -0.302 e. The number of nitrogens with zero attached hydrogens (tertiary/aromatic N) is 1. The molecule has 0 atom stereocenters. The number of fused-ring (bicyclic) bond motifs is 1. The van der Waals surface area contributed by atoms with Gasteiger partial charge in [-0.15, -0.1) is 0 Å². The molecule has 1 heterocycles. The van der Waals surface area contributed by atoms with Crippen LogP contribution in [0.15, 0.2) is 0 Å². The number of nitrogens with one attached hydrogen (secondary N) is 1. The normalized spacial score (nSPS) is 17.4. The summed E-state index contributed by atoms with van der Waals surface area (Å²) in [5.74, 6) is 0.116. The lowest BCUT2D eigenvalue weighted by Gasteiger charge is -2.26. The van der Waals surface area contributed by atoms with E-state index in [-0.39, 0.29) is 17.1 Å². The van der Waals surface area contributed by atoms with Gasteiger partial charge in [-0.1, -0.05) is 32.1 Å². The highest BCUT2D eigenvalue weighted by Gasteiger charge is 2.33. The average Bonchev–Trinajstić information content (AvgIpc) is 2.58. The number of thiazole rings is 1. The second-order valence-electron chi connectivity index (χ2n) is 5.53. The van der Waals surface area contributed by atoms with Gasteiger partial charge in [-0.25, -0.2) is 4.98 Å². The summed E-state index contributed by atoms with van der Waals surface area (Å²) in [6.07, 6.45) is 2.66. The topological polar surface area (TPSA) is 59.1 Å². The molecule has 0 unspecified atom stereocenters. The summed E-state index contributed by atoms with van der Waals surface area (Å²) in [7, 11) is 0. The van der Waals surface area contributed by atoms with Crippen LogP contribution < -0.4 is 5.32 Å². The van der Waals surface area contributed by atoms with Crippen molar-refractivity contribution in [3.8, 4) is 0 Å². The second-order valence-corrected chi connectivity index (χ2v) is 6.53. The molecule has 0 radical (unpaired) electrons. The Hall–Kier alpha value is -1.23. The van der Waals surface area contributed by atoms with Gasteiger partial charge in [0.2, 0.25) is 5.91 Å². The molecule has 1 aromatic heterocycles. The number of amides is 1. The van der Waals surface area contributed by atoms with Gasteiger partial charge in [0.15, 0.2) is 10.9 Å². The molecule has 5 heteroatoms. The Morgan fingerprint density at radius 2 is 2.17 bits per heavy atom. The maximum Gasteiger partial charge on any atom is 0.226 e. The first-order valence-corrected chi connectivity index (χ1v) is 7.06. The van der Waals surface area contributed by atoms with Gasteiger partial charge in [0.05, 0.1) is 10.6 Å². The Labute approximate surface area is 111 Å². The third kappa shape index (κ3) is 2.77. The first-order valence-electron chi connectivity index (χ1n) is 6.24. The van der Waals surface area contributed by atoms with E-state index in [1.165, 1.54) is 11.3 Å². The number of carbonyl (C=O) groups is 2. The minimum absolute atomic E-state index is 0.0249. The van der Waals surface area contributed by atoms with Crippen LogP contribution in [0.25, 0.3) is 0 Å². The summed E-state index contributed by atoms with van der Waals surface area (Å²) in [6, 6.07) is 0. The number of ketones is 1. The Kier molecular flexibility index (Phi) is 3.52. The van der Waals surface area contributed by atoms with Crippen molar-refractivity contribution in [1.82, 2.24) is 4.98 Å². The fourth-order valence-electron chi connectivity index (χ4n) is 2.18. The van der Waals surface area contributed by atoms with Crippen LogP contribution in [0.3, 0.4) is 0 Å².